The molecular formula is C20H28BrN3O5. The highest BCUT2D eigenvalue weighted by Crippen LogP contribution is 2.22. The Balaban J connectivity index is 1.65. The van der Waals surface area contributed by atoms with Crippen molar-refractivity contribution in [2.45, 2.75) is 38.6 Å². The van der Waals surface area contributed by atoms with Gasteiger partial charge >= 0.3 is 6.09 Å². The lowest BCUT2D eigenvalue weighted by Crippen LogP contribution is -2.46. The zero-order chi connectivity index (χ0) is 21.2. The van der Waals surface area contributed by atoms with Gasteiger partial charge in [0.05, 0.1) is 19.3 Å². The van der Waals surface area contributed by atoms with Gasteiger partial charge in [-0.25, -0.2) is 4.79 Å². The van der Waals surface area contributed by atoms with E-state index in [9.17, 15) is 14.4 Å². The lowest BCUT2D eigenvalue weighted by atomic mass is 10.1. The van der Waals surface area contributed by atoms with Crippen LogP contribution in [0.1, 0.15) is 43.0 Å². The minimum atomic E-state index is -0.296. The van der Waals surface area contributed by atoms with Gasteiger partial charge in [0.2, 0.25) is 5.91 Å². The van der Waals surface area contributed by atoms with Gasteiger partial charge in [-0.15, -0.1) is 0 Å². The van der Waals surface area contributed by atoms with Gasteiger partial charge in [0.1, 0.15) is 5.75 Å². The van der Waals surface area contributed by atoms with Crippen molar-refractivity contribution in [1.29, 1.82) is 0 Å². The van der Waals surface area contributed by atoms with Crippen LogP contribution in [-0.4, -0.2) is 62.2 Å². The maximum absolute atomic E-state index is 12.3. The standard InChI is InChI=1S/C20H28BrN3O5/c1-3-29-20(27)24-11-8-14(9-12-24)23-18(25)5-4-10-22-19(26)16-13-15(28-2)6-7-17(16)21/h6-7,13-14H,3-5,8-12H2,1-2H3,(H,22,26)(H,23,25). The lowest BCUT2D eigenvalue weighted by Gasteiger charge is -2.31. The SMILES string of the molecule is CCOC(=O)N1CCC(NC(=O)CCCNC(=O)c2cc(OC)ccc2Br)CC1. The third-order valence-electron chi connectivity index (χ3n) is 4.67. The molecule has 1 aromatic rings. The summed E-state index contributed by atoms with van der Waals surface area (Å²) in [7, 11) is 1.55. The topological polar surface area (TPSA) is 97.0 Å². The van der Waals surface area contributed by atoms with E-state index >= 15 is 0 Å². The minimum absolute atomic E-state index is 0.0450. The van der Waals surface area contributed by atoms with Crippen LogP contribution in [0.2, 0.25) is 0 Å². The van der Waals surface area contributed by atoms with Crippen molar-refractivity contribution in [3.8, 4) is 5.75 Å². The van der Waals surface area contributed by atoms with Crippen LogP contribution in [0.25, 0.3) is 0 Å². The molecule has 1 aliphatic heterocycles. The van der Waals surface area contributed by atoms with Crippen molar-refractivity contribution < 1.29 is 23.9 Å². The Bertz CT molecular complexity index is 720. The van der Waals surface area contributed by atoms with Crippen LogP contribution in [0.5, 0.6) is 5.75 Å². The summed E-state index contributed by atoms with van der Waals surface area (Å²) >= 11 is 3.36. The van der Waals surface area contributed by atoms with E-state index in [4.69, 9.17) is 9.47 Å². The number of carbonyl (C=O) groups is 3. The van der Waals surface area contributed by atoms with Gasteiger partial charge in [-0.3, -0.25) is 9.59 Å². The molecule has 0 radical (unpaired) electrons. The van der Waals surface area contributed by atoms with Crippen LogP contribution in [0.4, 0.5) is 4.79 Å². The first-order chi connectivity index (χ1) is 13.9. The number of likely N-dealkylation sites (tertiary alicyclic amines) is 1. The van der Waals surface area contributed by atoms with E-state index in [0.29, 0.717) is 67.7 Å². The van der Waals surface area contributed by atoms with Gasteiger partial charge in [-0.1, -0.05) is 0 Å². The summed E-state index contributed by atoms with van der Waals surface area (Å²) in [6.07, 6.45) is 2.00. The van der Waals surface area contributed by atoms with Crippen molar-refractivity contribution in [2.24, 2.45) is 0 Å². The summed E-state index contributed by atoms with van der Waals surface area (Å²) in [6.45, 7) is 3.70. The second-order valence-electron chi connectivity index (χ2n) is 6.73. The van der Waals surface area contributed by atoms with Crippen molar-refractivity contribution in [1.82, 2.24) is 15.5 Å². The first-order valence-electron chi connectivity index (χ1n) is 9.77. The maximum Gasteiger partial charge on any atom is 0.409 e. The molecule has 1 aliphatic rings. The van der Waals surface area contributed by atoms with Crippen LogP contribution in [0.3, 0.4) is 0 Å². The number of nitrogens with zero attached hydrogens (tertiary/aromatic N) is 1. The average Bonchev–Trinajstić information content (AvgIpc) is 2.72. The molecule has 0 aromatic heterocycles. The van der Waals surface area contributed by atoms with Gasteiger partial charge in [0.15, 0.2) is 0 Å². The first-order valence-corrected chi connectivity index (χ1v) is 10.6. The number of hydrogen-bond donors (Lipinski definition) is 2. The summed E-state index contributed by atoms with van der Waals surface area (Å²) in [5, 5.41) is 5.82. The molecule has 160 valence electrons. The number of ether oxygens (including phenoxy) is 2. The third kappa shape index (κ3) is 7.23. The molecule has 9 heteroatoms. The van der Waals surface area contributed by atoms with Crippen molar-refractivity contribution in [3.05, 3.63) is 28.2 Å². The molecule has 2 N–H and O–H groups in total. The number of rotatable bonds is 8. The number of methoxy groups -OCH3 is 1. The van der Waals surface area contributed by atoms with E-state index in [0.717, 1.165) is 0 Å². The minimum Gasteiger partial charge on any atom is -0.497 e. The van der Waals surface area contributed by atoms with Crippen molar-refractivity contribution in [3.63, 3.8) is 0 Å². The fraction of sp³-hybridized carbons (Fsp3) is 0.550. The molecule has 1 heterocycles. The second kappa shape index (κ2) is 11.6. The number of benzene rings is 1. The van der Waals surface area contributed by atoms with Crippen LogP contribution in [0, 0.1) is 0 Å². The number of piperidine rings is 1. The normalized spacial score (nSPS) is 14.2. The molecule has 0 bridgehead atoms. The number of amides is 3. The smallest absolute Gasteiger partial charge is 0.409 e. The molecule has 1 saturated heterocycles. The highest BCUT2D eigenvalue weighted by Gasteiger charge is 2.24. The molecule has 1 fully saturated rings. The number of hydrogen-bond acceptors (Lipinski definition) is 5. The number of halogens is 1. The van der Waals surface area contributed by atoms with E-state index in [2.05, 4.69) is 26.6 Å². The summed E-state index contributed by atoms with van der Waals surface area (Å²) in [5.41, 5.74) is 0.488. The van der Waals surface area contributed by atoms with Gasteiger partial charge in [-0.2, -0.15) is 0 Å². The fourth-order valence-electron chi connectivity index (χ4n) is 3.07. The van der Waals surface area contributed by atoms with E-state index in [1.807, 2.05) is 0 Å². The monoisotopic (exact) mass is 469 g/mol. The van der Waals surface area contributed by atoms with E-state index in [-0.39, 0.29) is 23.9 Å². The van der Waals surface area contributed by atoms with E-state index < -0.39 is 0 Å². The van der Waals surface area contributed by atoms with Gasteiger partial charge in [0, 0.05) is 36.6 Å². The predicted molar refractivity (Wildman–Crippen MR) is 112 cm³/mol. The van der Waals surface area contributed by atoms with Crippen LogP contribution in [0.15, 0.2) is 22.7 Å². The van der Waals surface area contributed by atoms with Crippen LogP contribution >= 0.6 is 15.9 Å². The highest BCUT2D eigenvalue weighted by atomic mass is 79.9. The molecule has 0 spiro atoms. The molecule has 3 amide bonds. The van der Waals surface area contributed by atoms with E-state index in [1.165, 1.54) is 0 Å². The Morgan fingerprint density at radius 1 is 1.24 bits per heavy atom. The first kappa shape index (κ1) is 23.0. The zero-order valence-electron chi connectivity index (χ0n) is 16.8. The second-order valence-corrected chi connectivity index (χ2v) is 7.59. The highest BCUT2D eigenvalue weighted by molar-refractivity contribution is 9.10. The van der Waals surface area contributed by atoms with Crippen LogP contribution in [-0.2, 0) is 9.53 Å². The fourth-order valence-corrected chi connectivity index (χ4v) is 3.50. The molecule has 0 aliphatic carbocycles. The number of nitrogens with one attached hydrogen (secondary N) is 2. The lowest BCUT2D eigenvalue weighted by molar-refractivity contribution is -0.122. The molecule has 8 nitrogen and oxygen atoms in total. The predicted octanol–water partition coefficient (Wildman–Crippen LogP) is 2.70. The third-order valence-corrected chi connectivity index (χ3v) is 5.36. The molecule has 0 saturated carbocycles. The van der Waals surface area contributed by atoms with Gasteiger partial charge in [-0.05, 0) is 60.3 Å². The molecule has 29 heavy (non-hydrogen) atoms. The van der Waals surface area contributed by atoms with Crippen molar-refractivity contribution in [2.75, 3.05) is 33.4 Å². The largest absolute Gasteiger partial charge is 0.497 e. The maximum atomic E-state index is 12.3. The Hall–Kier alpha value is -2.29. The summed E-state index contributed by atoms with van der Waals surface area (Å²) < 4.78 is 10.8. The Kier molecular flexibility index (Phi) is 9.24. The Morgan fingerprint density at radius 2 is 1.97 bits per heavy atom. The Labute approximate surface area is 179 Å². The summed E-state index contributed by atoms with van der Waals surface area (Å²) in [6, 6.07) is 5.25. The van der Waals surface area contributed by atoms with Crippen LogP contribution < -0.4 is 15.4 Å². The summed E-state index contributed by atoms with van der Waals surface area (Å²) in [4.78, 5) is 37.8. The van der Waals surface area contributed by atoms with E-state index in [1.54, 1.807) is 37.1 Å². The van der Waals surface area contributed by atoms with Gasteiger partial charge in [0.25, 0.3) is 5.91 Å². The summed E-state index contributed by atoms with van der Waals surface area (Å²) in [5.74, 6) is 0.339. The molecule has 0 atom stereocenters. The quantitative estimate of drug-likeness (QED) is 0.570. The molecular weight excluding hydrogens is 442 g/mol. The molecule has 1 aromatic carbocycles. The number of carbonyl (C=O) groups excluding carboxylic acids is 3. The zero-order valence-corrected chi connectivity index (χ0v) is 18.4. The molecule has 0 unspecified atom stereocenters. The molecule has 2 rings (SSSR count). The Morgan fingerprint density at radius 3 is 2.62 bits per heavy atom. The average molecular weight is 470 g/mol. The van der Waals surface area contributed by atoms with Gasteiger partial charge < -0.3 is 25.0 Å². The van der Waals surface area contributed by atoms with Crippen molar-refractivity contribution >= 4 is 33.8 Å².